The van der Waals surface area contributed by atoms with E-state index in [2.05, 4.69) is 21.2 Å². The molecule has 2 aliphatic rings. The Morgan fingerprint density at radius 2 is 1.90 bits per heavy atom. The van der Waals surface area contributed by atoms with Crippen LogP contribution in [0.5, 0.6) is 0 Å². The van der Waals surface area contributed by atoms with Gasteiger partial charge in [-0.2, -0.15) is 0 Å². The molecule has 4 atom stereocenters. The smallest absolute Gasteiger partial charge is 0.228 e. The van der Waals surface area contributed by atoms with Crippen molar-refractivity contribution in [2.24, 2.45) is 23.7 Å². The molecule has 1 aromatic carbocycles. The first-order chi connectivity index (χ1) is 9.97. The number of hydrogen-bond donors (Lipinski definition) is 1. The van der Waals surface area contributed by atoms with Crippen LogP contribution >= 0.6 is 15.9 Å². The first-order valence-corrected chi connectivity index (χ1v) is 7.73. The highest BCUT2D eigenvalue weighted by Gasteiger charge is 2.48. The molecule has 1 amide bonds. The van der Waals surface area contributed by atoms with Gasteiger partial charge in [-0.1, -0.05) is 18.2 Å². The van der Waals surface area contributed by atoms with Crippen LogP contribution in [-0.2, 0) is 9.59 Å². The van der Waals surface area contributed by atoms with Gasteiger partial charge in [-0.25, -0.2) is 0 Å². The molecule has 4 nitrogen and oxygen atoms in total. The number of aryl methyl sites for hydroxylation is 1. The highest BCUT2D eigenvalue weighted by Crippen LogP contribution is 2.48. The first-order valence-electron chi connectivity index (χ1n) is 6.93. The molecule has 110 valence electrons. The second-order valence-corrected chi connectivity index (χ2v) is 6.65. The van der Waals surface area contributed by atoms with Crippen LogP contribution in [0.4, 0.5) is 5.69 Å². The number of hydrogen-bond acceptors (Lipinski definition) is 3. The van der Waals surface area contributed by atoms with Gasteiger partial charge in [0.15, 0.2) is 0 Å². The van der Waals surface area contributed by atoms with E-state index in [1.54, 1.807) is 0 Å². The molecule has 0 radical (unpaired) electrons. The van der Waals surface area contributed by atoms with Crippen LogP contribution in [0.1, 0.15) is 12.0 Å². The van der Waals surface area contributed by atoms with Gasteiger partial charge in [0.1, 0.15) is 0 Å². The van der Waals surface area contributed by atoms with Crippen LogP contribution in [0.15, 0.2) is 34.8 Å². The molecule has 0 spiro atoms. The Bertz CT molecular complexity index is 640. The van der Waals surface area contributed by atoms with Crippen molar-refractivity contribution in [3.05, 3.63) is 40.4 Å². The number of rotatable bonds is 3. The molecular formula is C16H15BrNO3-. The van der Waals surface area contributed by atoms with Crippen LogP contribution < -0.4 is 10.4 Å². The van der Waals surface area contributed by atoms with E-state index in [0.717, 1.165) is 16.5 Å². The normalized spacial score (nSPS) is 29.6. The molecule has 3 rings (SSSR count). The molecule has 21 heavy (non-hydrogen) atoms. The summed E-state index contributed by atoms with van der Waals surface area (Å²) < 4.78 is 0.791. The van der Waals surface area contributed by atoms with Gasteiger partial charge in [0.05, 0.1) is 11.6 Å². The monoisotopic (exact) mass is 348 g/mol. The van der Waals surface area contributed by atoms with Gasteiger partial charge >= 0.3 is 0 Å². The number of carboxylic acid groups (broad SMARTS) is 1. The van der Waals surface area contributed by atoms with Gasteiger partial charge in [-0.3, -0.25) is 4.79 Å². The Morgan fingerprint density at radius 1 is 1.24 bits per heavy atom. The Hall–Kier alpha value is -1.62. The molecule has 0 aliphatic heterocycles. The van der Waals surface area contributed by atoms with Gasteiger partial charge in [0.2, 0.25) is 5.91 Å². The van der Waals surface area contributed by atoms with E-state index in [4.69, 9.17) is 0 Å². The quantitative estimate of drug-likeness (QED) is 0.848. The molecule has 0 aromatic heterocycles. The molecule has 5 heteroatoms. The third kappa shape index (κ3) is 2.50. The second kappa shape index (κ2) is 5.30. The maximum Gasteiger partial charge on any atom is 0.228 e. The topological polar surface area (TPSA) is 69.2 Å². The largest absolute Gasteiger partial charge is 0.550 e. The van der Waals surface area contributed by atoms with Gasteiger partial charge in [0.25, 0.3) is 0 Å². The molecular weight excluding hydrogens is 334 g/mol. The zero-order valence-corrected chi connectivity index (χ0v) is 13.1. The number of carbonyl (C=O) groups is 2. The summed E-state index contributed by atoms with van der Waals surface area (Å²) in [5.41, 5.74) is 1.74. The number of benzene rings is 1. The number of halogens is 1. The minimum absolute atomic E-state index is 0.00197. The number of carboxylic acids is 1. The zero-order chi connectivity index (χ0) is 15.1. The number of carbonyl (C=O) groups excluding carboxylic acids is 2. The van der Waals surface area contributed by atoms with E-state index in [1.807, 2.05) is 37.3 Å². The van der Waals surface area contributed by atoms with Gasteiger partial charge in [0, 0.05) is 16.4 Å². The molecule has 1 fully saturated rings. The van der Waals surface area contributed by atoms with Crippen LogP contribution in [0.3, 0.4) is 0 Å². The predicted octanol–water partition coefficient (Wildman–Crippen LogP) is 1.88. The lowest BCUT2D eigenvalue weighted by atomic mass is 9.82. The van der Waals surface area contributed by atoms with Crippen molar-refractivity contribution in [2.75, 3.05) is 5.32 Å². The van der Waals surface area contributed by atoms with E-state index < -0.39 is 17.8 Å². The summed E-state index contributed by atoms with van der Waals surface area (Å²) in [5, 5.41) is 14.2. The van der Waals surface area contributed by atoms with Crippen molar-refractivity contribution in [3.63, 3.8) is 0 Å². The minimum atomic E-state index is -1.13. The average Bonchev–Trinajstić information content (AvgIpc) is 3.02. The first kappa shape index (κ1) is 14.3. The summed E-state index contributed by atoms with van der Waals surface area (Å²) >= 11 is 3.41. The van der Waals surface area contributed by atoms with Crippen molar-refractivity contribution in [2.45, 2.75) is 13.3 Å². The van der Waals surface area contributed by atoms with Crippen molar-refractivity contribution in [1.82, 2.24) is 0 Å². The fourth-order valence-electron chi connectivity index (χ4n) is 3.44. The molecule has 2 aliphatic carbocycles. The molecule has 1 saturated carbocycles. The van der Waals surface area contributed by atoms with Crippen LogP contribution in [0.25, 0.3) is 0 Å². The molecule has 0 unspecified atom stereocenters. The van der Waals surface area contributed by atoms with E-state index in [0.29, 0.717) is 5.69 Å². The van der Waals surface area contributed by atoms with Crippen molar-refractivity contribution >= 4 is 33.5 Å². The summed E-state index contributed by atoms with van der Waals surface area (Å²) in [6.45, 7) is 1.96. The lowest BCUT2D eigenvalue weighted by molar-refractivity contribution is -0.313. The highest BCUT2D eigenvalue weighted by atomic mass is 79.9. The maximum atomic E-state index is 12.5. The molecule has 2 bridgehead atoms. The standard InChI is InChI=1S/C16H16BrNO3/c1-8-2-5-12(11(17)6-8)18-15(19)13-9-3-4-10(7-9)14(13)16(20)21/h2-6,9-10,13-14H,7H2,1H3,(H,18,19)(H,20,21)/p-1/t9-,10+,13+,14+/m1/s1. The maximum absolute atomic E-state index is 12.5. The number of fused-ring (bicyclic) bond motifs is 2. The molecule has 0 heterocycles. The summed E-state index contributed by atoms with van der Waals surface area (Å²) in [6, 6.07) is 5.62. The third-order valence-corrected chi connectivity index (χ3v) is 5.07. The van der Waals surface area contributed by atoms with Crippen molar-refractivity contribution in [3.8, 4) is 0 Å². The van der Waals surface area contributed by atoms with Crippen LogP contribution in [0, 0.1) is 30.6 Å². The van der Waals surface area contributed by atoms with Crippen LogP contribution in [0.2, 0.25) is 0 Å². The Morgan fingerprint density at radius 3 is 2.52 bits per heavy atom. The average molecular weight is 349 g/mol. The summed E-state index contributed by atoms with van der Waals surface area (Å²) in [7, 11) is 0. The number of amides is 1. The Labute approximate surface area is 131 Å². The van der Waals surface area contributed by atoms with E-state index in [1.165, 1.54) is 0 Å². The van der Waals surface area contributed by atoms with E-state index in [-0.39, 0.29) is 17.7 Å². The van der Waals surface area contributed by atoms with Gasteiger partial charge in [-0.15, -0.1) is 0 Å². The molecule has 0 saturated heterocycles. The highest BCUT2D eigenvalue weighted by molar-refractivity contribution is 9.10. The lowest BCUT2D eigenvalue weighted by Gasteiger charge is -2.28. The number of aliphatic carboxylic acids is 1. The third-order valence-electron chi connectivity index (χ3n) is 4.42. The van der Waals surface area contributed by atoms with Crippen LogP contribution in [-0.4, -0.2) is 11.9 Å². The predicted molar refractivity (Wildman–Crippen MR) is 80.2 cm³/mol. The molecule has 1 aromatic rings. The second-order valence-electron chi connectivity index (χ2n) is 5.79. The number of allylic oxidation sites excluding steroid dienone is 2. The SMILES string of the molecule is Cc1ccc(NC(=O)[C@@H]2[C@@H](C(=O)[O-])[C@H]3C=C[C@@H]2C3)c(Br)c1. The minimum Gasteiger partial charge on any atom is -0.550 e. The lowest BCUT2D eigenvalue weighted by Crippen LogP contribution is -2.42. The summed E-state index contributed by atoms with van der Waals surface area (Å²) in [4.78, 5) is 23.8. The van der Waals surface area contributed by atoms with Gasteiger partial charge in [-0.05, 0) is 58.8 Å². The Balaban J connectivity index is 1.82. The Kier molecular flexibility index (Phi) is 3.61. The van der Waals surface area contributed by atoms with Crippen molar-refractivity contribution in [1.29, 1.82) is 0 Å². The van der Waals surface area contributed by atoms with Gasteiger partial charge < -0.3 is 15.2 Å². The van der Waals surface area contributed by atoms with Crippen molar-refractivity contribution < 1.29 is 14.7 Å². The van der Waals surface area contributed by atoms with E-state index in [9.17, 15) is 14.7 Å². The van der Waals surface area contributed by atoms with E-state index >= 15 is 0 Å². The fourth-order valence-corrected chi connectivity index (χ4v) is 4.03. The zero-order valence-electron chi connectivity index (χ0n) is 11.5. The number of nitrogens with one attached hydrogen (secondary N) is 1. The summed E-state index contributed by atoms with van der Waals surface area (Å²) in [6.07, 6.45) is 4.58. The number of anilines is 1. The summed E-state index contributed by atoms with van der Waals surface area (Å²) in [5.74, 6) is -2.71. The molecule has 1 N–H and O–H groups in total. The fraction of sp³-hybridized carbons (Fsp3) is 0.375.